The average molecular weight is 369 g/mol. The number of fused-ring (bicyclic) bond motifs is 6. The minimum absolute atomic E-state index is 0.176. The van der Waals surface area contributed by atoms with Crippen LogP contribution in [0, 0.1) is 5.41 Å². The molecule has 0 aliphatic carbocycles. The first-order valence-corrected chi connectivity index (χ1v) is 9.55. The molecule has 2 N–H and O–H groups in total. The fourth-order valence-corrected chi connectivity index (χ4v) is 3.78. The predicted molar refractivity (Wildman–Crippen MR) is 116 cm³/mol. The second-order valence-electron chi connectivity index (χ2n) is 8.57. The molecule has 5 rings (SSSR count). The van der Waals surface area contributed by atoms with Crippen LogP contribution in [0.25, 0.3) is 12.2 Å². The number of nitrogens with one attached hydrogen (secondary N) is 2. The van der Waals surface area contributed by atoms with Crippen LogP contribution in [0.2, 0.25) is 0 Å². The quantitative estimate of drug-likeness (QED) is 0.664. The van der Waals surface area contributed by atoms with Gasteiger partial charge < -0.3 is 9.97 Å². The first kappa shape index (κ1) is 16.9. The monoisotopic (exact) mass is 369 g/mol. The SMILES string of the molecule is CC1(C)C2=NC(=Cc3ccc([nH]3)C(C)(C)c3ccc([nH]3)C=C3C=NC1=N3)C=C2. The van der Waals surface area contributed by atoms with Crippen molar-refractivity contribution in [2.75, 3.05) is 0 Å². The molecule has 2 aromatic heterocycles. The summed E-state index contributed by atoms with van der Waals surface area (Å²) in [6.07, 6.45) is 10.1. The molecule has 0 saturated heterocycles. The lowest BCUT2D eigenvalue weighted by molar-refractivity contribution is 0.602. The highest BCUT2D eigenvalue weighted by Gasteiger charge is 2.33. The average Bonchev–Trinajstić information content (AvgIpc) is 3.42. The molecular formula is C23H23N5. The second-order valence-corrected chi connectivity index (χ2v) is 8.57. The summed E-state index contributed by atoms with van der Waals surface area (Å²) in [5.74, 6) is 0.782. The molecule has 0 aromatic carbocycles. The highest BCUT2D eigenvalue weighted by Crippen LogP contribution is 2.33. The lowest BCUT2D eigenvalue weighted by Crippen LogP contribution is -2.29. The fourth-order valence-electron chi connectivity index (χ4n) is 3.78. The van der Waals surface area contributed by atoms with Crippen LogP contribution in [-0.4, -0.2) is 27.7 Å². The largest absolute Gasteiger partial charge is 0.358 e. The Labute approximate surface area is 164 Å². The highest BCUT2D eigenvalue weighted by atomic mass is 15.0. The Morgan fingerprint density at radius 1 is 0.714 bits per heavy atom. The molecule has 0 atom stereocenters. The van der Waals surface area contributed by atoms with Crippen LogP contribution in [0.5, 0.6) is 0 Å². The number of allylic oxidation sites excluding steroid dienone is 3. The van der Waals surface area contributed by atoms with E-state index in [1.165, 1.54) is 0 Å². The zero-order chi connectivity index (χ0) is 19.5. The molecule has 0 unspecified atom stereocenters. The van der Waals surface area contributed by atoms with Crippen LogP contribution >= 0.6 is 0 Å². The van der Waals surface area contributed by atoms with E-state index in [-0.39, 0.29) is 10.8 Å². The van der Waals surface area contributed by atoms with Gasteiger partial charge in [0.15, 0.2) is 0 Å². The zero-order valence-electron chi connectivity index (χ0n) is 16.5. The van der Waals surface area contributed by atoms with Crippen LogP contribution in [0.4, 0.5) is 0 Å². The van der Waals surface area contributed by atoms with E-state index in [4.69, 9.17) is 9.98 Å². The molecule has 8 bridgehead atoms. The highest BCUT2D eigenvalue weighted by molar-refractivity contribution is 6.20. The zero-order valence-corrected chi connectivity index (χ0v) is 16.5. The van der Waals surface area contributed by atoms with E-state index < -0.39 is 0 Å². The Hall–Kier alpha value is -3.21. The Morgan fingerprint density at radius 2 is 1.36 bits per heavy atom. The van der Waals surface area contributed by atoms with Crippen molar-refractivity contribution in [3.8, 4) is 0 Å². The van der Waals surface area contributed by atoms with E-state index >= 15 is 0 Å². The smallest absolute Gasteiger partial charge is 0.140 e. The molecule has 0 amide bonds. The Morgan fingerprint density at radius 3 is 2.04 bits per heavy atom. The molecule has 0 radical (unpaired) electrons. The summed E-state index contributed by atoms with van der Waals surface area (Å²) >= 11 is 0. The topological polar surface area (TPSA) is 68.7 Å². The van der Waals surface area contributed by atoms with Crippen molar-refractivity contribution in [2.24, 2.45) is 20.4 Å². The lowest BCUT2D eigenvalue weighted by Gasteiger charge is -2.22. The number of aromatic nitrogens is 2. The first-order valence-electron chi connectivity index (χ1n) is 9.55. The molecule has 28 heavy (non-hydrogen) atoms. The van der Waals surface area contributed by atoms with Gasteiger partial charge in [-0.15, -0.1) is 0 Å². The molecular weight excluding hydrogens is 346 g/mol. The lowest BCUT2D eigenvalue weighted by atomic mass is 9.86. The van der Waals surface area contributed by atoms with Crippen molar-refractivity contribution in [2.45, 2.75) is 33.1 Å². The molecule has 0 saturated carbocycles. The van der Waals surface area contributed by atoms with Crippen molar-refractivity contribution < 1.29 is 0 Å². The maximum absolute atomic E-state index is 4.84. The van der Waals surface area contributed by atoms with Crippen LogP contribution in [0.15, 0.2) is 62.8 Å². The maximum Gasteiger partial charge on any atom is 0.140 e. The number of rotatable bonds is 0. The predicted octanol–water partition coefficient (Wildman–Crippen LogP) is 4.88. The fraction of sp³-hybridized carbons (Fsp3) is 0.261. The summed E-state index contributed by atoms with van der Waals surface area (Å²) in [5, 5.41) is 0. The van der Waals surface area contributed by atoms with Crippen molar-refractivity contribution in [1.82, 2.24) is 9.97 Å². The molecule has 2 aromatic rings. The van der Waals surface area contributed by atoms with E-state index in [0.29, 0.717) is 0 Å². The van der Waals surface area contributed by atoms with E-state index in [2.05, 4.69) is 79.1 Å². The van der Waals surface area contributed by atoms with Crippen molar-refractivity contribution >= 4 is 29.9 Å². The summed E-state index contributed by atoms with van der Waals surface area (Å²) < 4.78 is 0. The molecule has 3 aliphatic rings. The summed E-state index contributed by atoms with van der Waals surface area (Å²) in [6, 6.07) is 8.49. The third kappa shape index (κ3) is 2.58. The van der Waals surface area contributed by atoms with Crippen LogP contribution < -0.4 is 0 Å². The van der Waals surface area contributed by atoms with Crippen molar-refractivity contribution in [1.29, 1.82) is 0 Å². The molecule has 5 heteroatoms. The van der Waals surface area contributed by atoms with E-state index in [1.807, 2.05) is 18.4 Å². The Kier molecular flexibility index (Phi) is 3.41. The summed E-state index contributed by atoms with van der Waals surface area (Å²) in [4.78, 5) is 21.3. The van der Waals surface area contributed by atoms with Gasteiger partial charge in [-0.25, -0.2) is 9.98 Å². The molecule has 5 heterocycles. The van der Waals surface area contributed by atoms with Gasteiger partial charge in [-0.2, -0.15) is 0 Å². The van der Waals surface area contributed by atoms with Gasteiger partial charge in [0.25, 0.3) is 0 Å². The number of hydrogen-bond donors (Lipinski definition) is 2. The third-order valence-electron chi connectivity index (χ3n) is 5.79. The van der Waals surface area contributed by atoms with E-state index in [1.54, 1.807) is 0 Å². The normalized spacial score (nSPS) is 21.3. The van der Waals surface area contributed by atoms with Crippen LogP contribution in [-0.2, 0) is 5.41 Å². The van der Waals surface area contributed by atoms with Crippen molar-refractivity contribution in [3.05, 3.63) is 70.6 Å². The number of nitrogens with zero attached hydrogens (tertiary/aromatic N) is 3. The molecule has 3 aliphatic heterocycles. The van der Waals surface area contributed by atoms with Crippen molar-refractivity contribution in [3.63, 3.8) is 0 Å². The number of aliphatic imine (C=N–C) groups is 3. The maximum atomic E-state index is 4.84. The molecule has 140 valence electrons. The van der Waals surface area contributed by atoms with Gasteiger partial charge in [0.1, 0.15) is 5.84 Å². The van der Waals surface area contributed by atoms with Gasteiger partial charge in [0.2, 0.25) is 0 Å². The summed E-state index contributed by atoms with van der Waals surface area (Å²) in [6.45, 7) is 8.65. The van der Waals surface area contributed by atoms with E-state index in [9.17, 15) is 0 Å². The standard InChI is InChI=1S/C23H23N5/c1-22(2)18-8-5-14(25-18)11-15-7-10-20(27-15)23(3,4)21-24-13-17(28-21)12-16-6-9-19(22)26-16/h5-13,25-26H,1-4H3. The Balaban J connectivity index is 1.70. The minimum Gasteiger partial charge on any atom is -0.358 e. The second kappa shape index (κ2) is 5.64. The van der Waals surface area contributed by atoms with Gasteiger partial charge in [0.05, 0.1) is 28.7 Å². The number of hydrogen-bond acceptors (Lipinski definition) is 3. The number of amidine groups is 1. The van der Waals surface area contributed by atoms with Crippen LogP contribution in [0.1, 0.15) is 50.5 Å². The molecule has 0 fully saturated rings. The van der Waals surface area contributed by atoms with Gasteiger partial charge in [-0.3, -0.25) is 4.99 Å². The van der Waals surface area contributed by atoms with Gasteiger partial charge >= 0.3 is 0 Å². The molecule has 5 nitrogen and oxygen atoms in total. The van der Waals surface area contributed by atoms with Gasteiger partial charge in [-0.1, -0.05) is 0 Å². The summed E-state index contributed by atoms with van der Waals surface area (Å²) in [7, 11) is 0. The number of H-pyrrole nitrogens is 2. The van der Waals surface area contributed by atoms with Gasteiger partial charge in [-0.05, 0) is 76.3 Å². The Bertz CT molecular complexity index is 1070. The minimum atomic E-state index is -0.362. The third-order valence-corrected chi connectivity index (χ3v) is 5.79. The van der Waals surface area contributed by atoms with E-state index in [0.717, 1.165) is 45.7 Å². The number of aromatic amines is 2. The van der Waals surface area contributed by atoms with Gasteiger partial charge in [0, 0.05) is 28.2 Å². The van der Waals surface area contributed by atoms with Crippen LogP contribution in [0.3, 0.4) is 0 Å². The first-order chi connectivity index (χ1) is 13.3. The summed E-state index contributed by atoms with van der Waals surface area (Å²) in [5.41, 5.74) is 6.58. The molecule has 0 spiro atoms.